The van der Waals surface area contributed by atoms with Crippen molar-refractivity contribution in [3.63, 3.8) is 0 Å². The second-order valence-corrected chi connectivity index (χ2v) is 8.61. The molecular formula is C23H26F3N7O5. The number of nitrogens with two attached hydrogens (primary N) is 3. The van der Waals surface area contributed by atoms with Gasteiger partial charge < -0.3 is 32.9 Å². The molecule has 1 aliphatic rings. The minimum absolute atomic E-state index is 0.158. The number of hydrogen-bond donors (Lipinski definition) is 6. The number of carbonyl (C=O) groups excluding carboxylic acids is 4. The molecule has 0 aromatic heterocycles. The largest absolute Gasteiger partial charge is 0.506 e. The molecule has 9 N–H and O–H groups in total. The number of benzene rings is 2. The quantitative estimate of drug-likeness (QED) is 0.284. The van der Waals surface area contributed by atoms with Crippen molar-refractivity contribution >= 4 is 35.3 Å². The SMILES string of the molecule is NC(=O)N(C(N)=O)c1cc(CN2CC[C@@H](NC(=O)CNC(=O)c3cc(C(F)(F)F)ccc3N)C2)ccc1O. The van der Waals surface area contributed by atoms with Crippen LogP contribution >= 0.6 is 0 Å². The van der Waals surface area contributed by atoms with Gasteiger partial charge in [-0.3, -0.25) is 14.5 Å². The van der Waals surface area contributed by atoms with Crippen LogP contribution in [-0.4, -0.2) is 59.6 Å². The smallest absolute Gasteiger partial charge is 0.416 e. The Morgan fingerprint density at radius 1 is 1.08 bits per heavy atom. The number of nitrogens with zero attached hydrogens (tertiary/aromatic N) is 2. The third kappa shape index (κ3) is 6.82. The Morgan fingerprint density at radius 2 is 1.76 bits per heavy atom. The van der Waals surface area contributed by atoms with Crippen LogP contribution in [-0.2, 0) is 17.5 Å². The van der Waals surface area contributed by atoms with Gasteiger partial charge in [-0.15, -0.1) is 0 Å². The summed E-state index contributed by atoms with van der Waals surface area (Å²) in [6.45, 7) is 0.869. The van der Waals surface area contributed by atoms with Crippen LogP contribution < -0.4 is 32.7 Å². The first kappa shape index (κ1) is 28.0. The average molecular weight is 537 g/mol. The molecular weight excluding hydrogens is 511 g/mol. The van der Waals surface area contributed by atoms with Gasteiger partial charge in [-0.05, 0) is 42.3 Å². The maximum absolute atomic E-state index is 12.9. The lowest BCUT2D eigenvalue weighted by atomic mass is 10.1. The van der Waals surface area contributed by atoms with Gasteiger partial charge in [0.25, 0.3) is 5.91 Å². The molecule has 1 atom stereocenters. The van der Waals surface area contributed by atoms with E-state index in [1.165, 1.54) is 12.1 Å². The van der Waals surface area contributed by atoms with Crippen LogP contribution in [0, 0.1) is 0 Å². The summed E-state index contributed by atoms with van der Waals surface area (Å²) in [7, 11) is 0. The van der Waals surface area contributed by atoms with Gasteiger partial charge in [0.15, 0.2) is 0 Å². The zero-order chi connectivity index (χ0) is 28.2. The van der Waals surface area contributed by atoms with Crippen molar-refractivity contribution in [1.29, 1.82) is 0 Å². The molecule has 0 radical (unpaired) electrons. The molecule has 12 nitrogen and oxygen atoms in total. The summed E-state index contributed by atoms with van der Waals surface area (Å²) >= 11 is 0. The Labute approximate surface area is 214 Å². The fraction of sp³-hybridized carbons (Fsp3) is 0.304. The summed E-state index contributed by atoms with van der Waals surface area (Å²) in [4.78, 5) is 50.1. The minimum atomic E-state index is -4.65. The number of nitrogen functional groups attached to an aromatic ring is 1. The molecule has 0 bridgehead atoms. The predicted octanol–water partition coefficient (Wildman–Crippen LogP) is 1.08. The van der Waals surface area contributed by atoms with Crippen molar-refractivity contribution in [2.45, 2.75) is 25.2 Å². The van der Waals surface area contributed by atoms with E-state index in [2.05, 4.69) is 10.6 Å². The number of amides is 6. The fourth-order valence-corrected chi connectivity index (χ4v) is 4.01. The number of primary amides is 2. The van der Waals surface area contributed by atoms with E-state index in [-0.39, 0.29) is 28.7 Å². The number of aromatic hydroxyl groups is 1. The normalized spacial score (nSPS) is 15.6. The molecule has 15 heteroatoms. The Morgan fingerprint density at radius 3 is 2.39 bits per heavy atom. The van der Waals surface area contributed by atoms with E-state index >= 15 is 0 Å². The number of hydrogen-bond acceptors (Lipinski definition) is 7. The second kappa shape index (κ2) is 11.2. The van der Waals surface area contributed by atoms with Gasteiger partial charge >= 0.3 is 18.2 Å². The molecule has 1 heterocycles. The molecule has 3 rings (SSSR count). The third-order valence-corrected chi connectivity index (χ3v) is 5.80. The minimum Gasteiger partial charge on any atom is -0.506 e. The van der Waals surface area contributed by atoms with Crippen molar-refractivity contribution in [2.24, 2.45) is 11.5 Å². The molecule has 38 heavy (non-hydrogen) atoms. The first-order valence-electron chi connectivity index (χ1n) is 11.2. The van der Waals surface area contributed by atoms with Gasteiger partial charge in [-0.2, -0.15) is 13.2 Å². The number of phenolic OH excluding ortho intramolecular Hbond substituents is 1. The molecule has 1 fully saturated rings. The molecule has 0 saturated carbocycles. The molecule has 1 aliphatic heterocycles. The Bertz CT molecular complexity index is 1240. The number of phenols is 1. The summed E-state index contributed by atoms with van der Waals surface area (Å²) in [5.74, 6) is -1.83. The highest BCUT2D eigenvalue weighted by atomic mass is 19.4. The van der Waals surface area contributed by atoms with Crippen molar-refractivity contribution in [3.05, 3.63) is 53.1 Å². The van der Waals surface area contributed by atoms with Gasteiger partial charge in [-0.25, -0.2) is 14.5 Å². The van der Waals surface area contributed by atoms with Crippen LogP contribution in [0.3, 0.4) is 0 Å². The van der Waals surface area contributed by atoms with E-state index in [1.54, 1.807) is 6.07 Å². The van der Waals surface area contributed by atoms with Gasteiger partial charge in [0.1, 0.15) is 5.75 Å². The number of anilines is 2. The topological polar surface area (TPSA) is 197 Å². The third-order valence-electron chi connectivity index (χ3n) is 5.80. The van der Waals surface area contributed by atoms with Crippen molar-refractivity contribution < 1.29 is 37.5 Å². The van der Waals surface area contributed by atoms with E-state index in [0.29, 0.717) is 42.6 Å². The Kier molecular flexibility index (Phi) is 8.30. The summed E-state index contributed by atoms with van der Waals surface area (Å²) in [6.07, 6.45) is -4.08. The molecule has 1 saturated heterocycles. The standard InChI is InChI=1S/C23H26F3N7O5/c24-23(25,26)13-2-3-16(27)15(8-13)20(36)30-9-19(35)31-14-5-6-32(11-14)10-12-1-4-18(34)17(7-12)33(21(28)37)22(29)38/h1-4,7-8,14,34H,5-6,9-11,27H2,(H2,28,37)(H2,29,38)(H,30,36)(H,31,35)/t14-/m1/s1. The van der Waals surface area contributed by atoms with Crippen LogP contribution in [0.1, 0.15) is 27.9 Å². The number of likely N-dealkylation sites (tertiary alicyclic amines) is 1. The number of rotatable bonds is 7. The van der Waals surface area contributed by atoms with Crippen LogP contribution in [0.2, 0.25) is 0 Å². The number of halogens is 3. The van der Waals surface area contributed by atoms with Gasteiger partial charge in [0.2, 0.25) is 5.91 Å². The van der Waals surface area contributed by atoms with E-state index in [1.807, 2.05) is 4.90 Å². The molecule has 0 aliphatic carbocycles. The van der Waals surface area contributed by atoms with Crippen LogP contribution in [0.4, 0.5) is 34.1 Å². The maximum Gasteiger partial charge on any atom is 0.416 e. The van der Waals surface area contributed by atoms with E-state index in [4.69, 9.17) is 17.2 Å². The van der Waals surface area contributed by atoms with Crippen molar-refractivity contribution in [2.75, 3.05) is 30.3 Å². The van der Waals surface area contributed by atoms with Crippen LogP contribution in [0.25, 0.3) is 0 Å². The van der Waals surface area contributed by atoms with E-state index in [0.717, 1.165) is 12.1 Å². The first-order valence-corrected chi connectivity index (χ1v) is 11.2. The highest BCUT2D eigenvalue weighted by Crippen LogP contribution is 2.31. The molecule has 2 aromatic rings. The van der Waals surface area contributed by atoms with Crippen molar-refractivity contribution in [3.8, 4) is 5.75 Å². The monoisotopic (exact) mass is 537 g/mol. The molecule has 0 spiro atoms. The lowest BCUT2D eigenvalue weighted by molar-refractivity contribution is -0.137. The van der Waals surface area contributed by atoms with Crippen molar-refractivity contribution in [1.82, 2.24) is 15.5 Å². The zero-order valence-corrected chi connectivity index (χ0v) is 19.9. The lowest BCUT2D eigenvalue weighted by Crippen LogP contribution is -2.44. The first-order chi connectivity index (χ1) is 17.8. The lowest BCUT2D eigenvalue weighted by Gasteiger charge is -2.20. The number of nitrogens with one attached hydrogen (secondary N) is 2. The summed E-state index contributed by atoms with van der Waals surface area (Å²) in [5, 5.41) is 15.0. The number of alkyl halides is 3. The highest BCUT2D eigenvalue weighted by Gasteiger charge is 2.32. The fourth-order valence-electron chi connectivity index (χ4n) is 4.01. The Balaban J connectivity index is 1.54. The van der Waals surface area contributed by atoms with E-state index in [9.17, 15) is 37.5 Å². The summed E-state index contributed by atoms with van der Waals surface area (Å²) < 4.78 is 38.8. The average Bonchev–Trinajstić information content (AvgIpc) is 3.25. The predicted molar refractivity (Wildman–Crippen MR) is 130 cm³/mol. The van der Waals surface area contributed by atoms with Crippen LogP contribution in [0.15, 0.2) is 36.4 Å². The van der Waals surface area contributed by atoms with Gasteiger partial charge in [-0.1, -0.05) is 6.07 Å². The highest BCUT2D eigenvalue weighted by molar-refractivity contribution is 6.13. The van der Waals surface area contributed by atoms with Crippen LogP contribution in [0.5, 0.6) is 5.75 Å². The second-order valence-electron chi connectivity index (χ2n) is 8.61. The van der Waals surface area contributed by atoms with E-state index < -0.39 is 42.2 Å². The molecule has 6 amide bonds. The number of urea groups is 2. The Hall–Kier alpha value is -4.53. The molecule has 2 aromatic carbocycles. The van der Waals surface area contributed by atoms with Gasteiger partial charge in [0, 0.05) is 31.4 Å². The summed E-state index contributed by atoms with van der Waals surface area (Å²) in [5.41, 5.74) is 14.8. The zero-order valence-electron chi connectivity index (χ0n) is 19.9. The number of imide groups is 1. The maximum atomic E-state index is 12.9. The number of carbonyl (C=O) groups is 4. The molecule has 0 unspecified atom stereocenters. The molecule has 204 valence electrons. The summed E-state index contributed by atoms with van der Waals surface area (Å²) in [6, 6.07) is 4.04. The van der Waals surface area contributed by atoms with Gasteiger partial charge in [0.05, 0.1) is 23.4 Å².